The van der Waals surface area contributed by atoms with Crippen LogP contribution in [0.4, 0.5) is 4.79 Å². The van der Waals surface area contributed by atoms with Crippen molar-refractivity contribution in [2.75, 3.05) is 0 Å². The van der Waals surface area contributed by atoms with Gasteiger partial charge in [0.05, 0.1) is 0 Å². The summed E-state index contributed by atoms with van der Waals surface area (Å²) >= 11 is 0. The molecule has 0 atom stereocenters. The van der Waals surface area contributed by atoms with Crippen LogP contribution >= 0.6 is 0 Å². The Hall–Kier alpha value is 1.72. The molecule has 7 heavy (non-hydrogen) atoms. The van der Waals surface area contributed by atoms with E-state index in [1.165, 1.54) is 0 Å². The average molecular weight is 114 g/mol. The second-order valence-electron chi connectivity index (χ2n) is 0.250. The van der Waals surface area contributed by atoms with E-state index in [0.29, 0.717) is 0 Å². The van der Waals surface area contributed by atoms with Crippen molar-refractivity contribution in [3.8, 4) is 0 Å². The number of carboxylic acid groups (broad SMARTS) is 2. The molecule has 0 N–H and O–H groups in total. The molecule has 3 nitrogen and oxygen atoms in total. The van der Waals surface area contributed by atoms with Crippen molar-refractivity contribution in [1.82, 2.24) is 0 Å². The molecule has 0 aliphatic rings. The van der Waals surface area contributed by atoms with Crippen molar-refractivity contribution in [3.63, 3.8) is 0 Å². The van der Waals surface area contributed by atoms with Crippen LogP contribution in [0.15, 0.2) is 0 Å². The molecule has 0 radical (unpaired) electrons. The quantitative estimate of drug-likeness (QED) is 0.294. The predicted octanol–water partition coefficient (Wildman–Crippen LogP) is -8.44. The fraction of sp³-hybridized carbons (Fsp3) is 0. The fourth-order valence-corrected chi connectivity index (χ4v) is 0. The van der Waals surface area contributed by atoms with Gasteiger partial charge in [0, 0.05) is 37.7 Å². The van der Waals surface area contributed by atoms with E-state index in [4.69, 9.17) is 15.0 Å². The van der Waals surface area contributed by atoms with Crippen molar-refractivity contribution >= 4 is 6.16 Å². The van der Waals surface area contributed by atoms with Crippen LogP contribution in [0.1, 0.15) is 0 Å². The van der Waals surface area contributed by atoms with Gasteiger partial charge in [0.1, 0.15) is 0 Å². The van der Waals surface area contributed by atoms with Gasteiger partial charge < -0.3 is 15.0 Å². The normalized spacial score (nSPS) is 3.43. The molecule has 0 aromatic carbocycles. The molecule has 0 fully saturated rings. The first-order valence-electron chi connectivity index (χ1n) is 0.612. The van der Waals surface area contributed by atoms with E-state index in [9.17, 15) is 0 Å². The largest absolute Gasteiger partial charge is 1.00 e. The third-order valence-electron chi connectivity index (χ3n) is 0. The molecule has 6 heteroatoms. The van der Waals surface area contributed by atoms with Crippen molar-refractivity contribution < 1.29 is 90.5 Å². The van der Waals surface area contributed by atoms with Crippen molar-refractivity contribution in [1.29, 1.82) is 0 Å². The van der Waals surface area contributed by atoms with E-state index < -0.39 is 6.16 Å². The minimum absolute atomic E-state index is 0. The Balaban J connectivity index is -0.0000000150. The number of rotatable bonds is 0. The van der Waals surface area contributed by atoms with Crippen molar-refractivity contribution in [2.24, 2.45) is 0 Å². The first-order valence-corrected chi connectivity index (χ1v) is 0.612. The Morgan fingerprint density at radius 3 is 1.14 bits per heavy atom. The van der Waals surface area contributed by atoms with Gasteiger partial charge in [-0.1, -0.05) is 0 Å². The first-order chi connectivity index (χ1) is 1.73. The van der Waals surface area contributed by atoms with E-state index >= 15 is 0 Å². The summed E-state index contributed by atoms with van der Waals surface area (Å²) in [5.74, 6) is 0. The smallest absolute Gasteiger partial charge is 0.652 e. The Kier molecular flexibility index (Phi) is 52.1. The molecule has 32 valence electrons. The second-order valence-corrected chi connectivity index (χ2v) is 0.250. The Morgan fingerprint density at radius 1 is 1.14 bits per heavy atom. The predicted molar refractivity (Wildman–Crippen MR) is 5.40 cm³/mol. The van der Waals surface area contributed by atoms with E-state index in [2.05, 4.69) is 0 Å². The standard InChI is InChI=1S/CH2O3.Ar.2Li/c2-1(3)4;;;/h(H2,2,3,4);;;/q;;2*+1/p-2. The third kappa shape index (κ3) is 85.1. The summed E-state index contributed by atoms with van der Waals surface area (Å²) in [4.78, 5) is 8.33. The van der Waals surface area contributed by atoms with Crippen molar-refractivity contribution in [2.45, 2.75) is 0 Å². The summed E-state index contributed by atoms with van der Waals surface area (Å²) in [5.41, 5.74) is 0. The monoisotopic (exact) mass is 114 g/mol. The number of carbonyl (C=O) groups is 1. The molecule has 0 amide bonds. The molecular weight excluding hydrogens is 114 g/mol. The average Bonchev–Trinajstić information content (AvgIpc) is 0.811. The summed E-state index contributed by atoms with van der Waals surface area (Å²) in [5, 5.41) is 16.7. The topological polar surface area (TPSA) is 63.2 Å². The van der Waals surface area contributed by atoms with Gasteiger partial charge in [-0.3, -0.25) is 0 Å². The van der Waals surface area contributed by atoms with Crippen LogP contribution in [0.2, 0.25) is 0 Å². The maximum Gasteiger partial charge on any atom is 1.00 e. The van der Waals surface area contributed by atoms with Crippen LogP contribution in [-0.4, -0.2) is 6.16 Å². The number of hydrogen-bond donors (Lipinski definition) is 0. The van der Waals surface area contributed by atoms with E-state index in [1.807, 2.05) is 0 Å². The fourth-order valence-electron chi connectivity index (χ4n) is 0. The minimum Gasteiger partial charge on any atom is -0.652 e. The SMILES string of the molecule is O=C([O-])[O-].[Ar].[Li+].[Li+]. The molecular formula is CArLi2O3. The molecule has 0 saturated heterocycles. The van der Waals surface area contributed by atoms with E-state index in [1.54, 1.807) is 0 Å². The Bertz CT molecular complexity index is 35.9. The molecule has 0 aliphatic carbocycles. The number of hydrogen-bond acceptors (Lipinski definition) is 3. The van der Waals surface area contributed by atoms with Gasteiger partial charge in [-0.05, 0) is 6.16 Å². The van der Waals surface area contributed by atoms with Crippen LogP contribution in [0.25, 0.3) is 0 Å². The maximum absolute atomic E-state index is 8.33. The van der Waals surface area contributed by atoms with Crippen LogP contribution in [0, 0.1) is 37.7 Å². The van der Waals surface area contributed by atoms with Gasteiger partial charge in [-0.2, -0.15) is 0 Å². The molecule has 0 saturated carbocycles. The minimum atomic E-state index is -2.33. The molecule has 0 rings (SSSR count). The van der Waals surface area contributed by atoms with Gasteiger partial charge in [-0.15, -0.1) is 0 Å². The maximum atomic E-state index is 8.33. The summed E-state index contributed by atoms with van der Waals surface area (Å²) in [6, 6.07) is 0. The molecule has 0 aromatic heterocycles. The molecule has 0 unspecified atom stereocenters. The van der Waals surface area contributed by atoms with Crippen LogP contribution in [-0.2, 0) is 0 Å². The zero-order valence-electron chi connectivity index (χ0n) is 4.08. The van der Waals surface area contributed by atoms with Crippen LogP contribution < -0.4 is 47.9 Å². The van der Waals surface area contributed by atoms with E-state index in [0.717, 1.165) is 0 Å². The summed E-state index contributed by atoms with van der Waals surface area (Å²) in [6.07, 6.45) is -2.33. The summed E-state index contributed by atoms with van der Waals surface area (Å²) in [7, 11) is 0. The summed E-state index contributed by atoms with van der Waals surface area (Å²) in [6.45, 7) is 0. The molecule has 0 spiro atoms. The van der Waals surface area contributed by atoms with Crippen molar-refractivity contribution in [3.05, 3.63) is 0 Å². The van der Waals surface area contributed by atoms with Gasteiger partial charge >= 0.3 is 37.7 Å². The summed E-state index contributed by atoms with van der Waals surface area (Å²) < 4.78 is 0. The zero-order chi connectivity index (χ0) is 3.58. The molecule has 0 heterocycles. The number of carbonyl (C=O) groups excluding carboxylic acids is 1. The van der Waals surface area contributed by atoms with Gasteiger partial charge in [0.15, 0.2) is 0 Å². The Morgan fingerprint density at radius 2 is 1.14 bits per heavy atom. The Labute approximate surface area is 95.2 Å². The van der Waals surface area contributed by atoms with Gasteiger partial charge in [0.2, 0.25) is 0 Å². The van der Waals surface area contributed by atoms with Crippen LogP contribution in [0.3, 0.4) is 0 Å². The first kappa shape index (κ1) is 23.3. The van der Waals surface area contributed by atoms with Crippen LogP contribution in [0.5, 0.6) is 0 Å². The molecule has 0 aromatic rings. The van der Waals surface area contributed by atoms with E-state index in [-0.39, 0.29) is 75.5 Å². The van der Waals surface area contributed by atoms with Gasteiger partial charge in [-0.25, -0.2) is 0 Å². The zero-order valence-corrected chi connectivity index (χ0v) is 4.79. The molecule has 0 bridgehead atoms. The molecule has 0 aliphatic heterocycles. The second kappa shape index (κ2) is 15.6. The van der Waals surface area contributed by atoms with Gasteiger partial charge in [0.25, 0.3) is 0 Å². The third-order valence-corrected chi connectivity index (χ3v) is 0.